The third-order valence-corrected chi connectivity index (χ3v) is 5.08. The first kappa shape index (κ1) is 19.7. The number of hydrogen-bond donors (Lipinski definition) is 0. The Bertz CT molecular complexity index is 1050. The Balaban J connectivity index is 1.34. The highest BCUT2D eigenvalue weighted by molar-refractivity contribution is 5.76. The summed E-state index contributed by atoms with van der Waals surface area (Å²) in [4.78, 5) is 17.7. The second-order valence-corrected chi connectivity index (χ2v) is 7.01. The van der Waals surface area contributed by atoms with E-state index in [4.69, 9.17) is 0 Å². The second-order valence-electron chi connectivity index (χ2n) is 7.01. The molecule has 0 saturated carbocycles. The van der Waals surface area contributed by atoms with Gasteiger partial charge in [-0.25, -0.2) is 4.39 Å². The quantitative estimate of drug-likeness (QED) is 0.644. The number of rotatable bonds is 5. The van der Waals surface area contributed by atoms with Gasteiger partial charge in [0.25, 0.3) is 0 Å². The molecule has 3 aromatic rings. The molecule has 8 nitrogen and oxygen atoms in total. The topological polar surface area (TPSA) is 90.9 Å². The van der Waals surface area contributed by atoms with Gasteiger partial charge in [-0.1, -0.05) is 42.5 Å². The van der Waals surface area contributed by atoms with Crippen LogP contribution in [0.4, 0.5) is 4.39 Å². The van der Waals surface area contributed by atoms with E-state index < -0.39 is 0 Å². The summed E-state index contributed by atoms with van der Waals surface area (Å²) in [5, 5.41) is 21.6. The zero-order chi connectivity index (χ0) is 20.9. The highest BCUT2D eigenvalue weighted by Crippen LogP contribution is 2.21. The summed E-state index contributed by atoms with van der Waals surface area (Å²) in [5.41, 5.74) is 1.46. The number of amides is 1. The van der Waals surface area contributed by atoms with Crippen molar-refractivity contribution in [2.45, 2.75) is 12.6 Å². The van der Waals surface area contributed by atoms with E-state index in [-0.39, 0.29) is 30.1 Å². The summed E-state index contributed by atoms with van der Waals surface area (Å²) in [6, 6.07) is 17.6. The first-order chi connectivity index (χ1) is 14.6. The van der Waals surface area contributed by atoms with E-state index in [1.807, 2.05) is 30.3 Å². The van der Waals surface area contributed by atoms with Crippen molar-refractivity contribution < 1.29 is 9.18 Å². The third kappa shape index (κ3) is 4.34. The predicted octanol–water partition coefficient (Wildman–Crippen LogP) is 1.89. The molecule has 9 heteroatoms. The summed E-state index contributed by atoms with van der Waals surface area (Å²) in [7, 11) is 0. The number of hydrogen-bond acceptors (Lipinski definition) is 6. The van der Waals surface area contributed by atoms with E-state index in [0.717, 1.165) is 5.56 Å². The summed E-state index contributed by atoms with van der Waals surface area (Å²) in [5.74, 6) is -0.234. The number of halogens is 1. The largest absolute Gasteiger partial charge is 0.338 e. The molecule has 1 saturated heterocycles. The van der Waals surface area contributed by atoms with Crippen molar-refractivity contribution in [3.8, 4) is 17.5 Å². The average molecular weight is 405 g/mol. The zero-order valence-electron chi connectivity index (χ0n) is 16.2. The highest BCUT2D eigenvalue weighted by atomic mass is 19.1. The van der Waals surface area contributed by atoms with Crippen LogP contribution < -0.4 is 0 Å². The SMILES string of the molecule is N#CC(c1ccccc1)N1CCN(C(=O)Cn2nnc(-c3cccc(F)c3)n2)CC1. The Kier molecular flexibility index (Phi) is 5.77. The van der Waals surface area contributed by atoms with Crippen LogP contribution in [0.15, 0.2) is 54.6 Å². The Morgan fingerprint density at radius 1 is 1.10 bits per heavy atom. The van der Waals surface area contributed by atoms with Crippen LogP contribution in [-0.2, 0) is 11.3 Å². The number of carbonyl (C=O) groups is 1. The van der Waals surface area contributed by atoms with E-state index in [2.05, 4.69) is 26.4 Å². The van der Waals surface area contributed by atoms with Crippen molar-refractivity contribution in [1.82, 2.24) is 30.0 Å². The van der Waals surface area contributed by atoms with Crippen LogP contribution in [0, 0.1) is 17.1 Å². The van der Waals surface area contributed by atoms with Crippen LogP contribution in [-0.4, -0.2) is 62.1 Å². The van der Waals surface area contributed by atoms with Crippen LogP contribution in [0.3, 0.4) is 0 Å². The molecule has 1 aromatic heterocycles. The average Bonchev–Trinajstić information content (AvgIpc) is 3.24. The van der Waals surface area contributed by atoms with E-state index >= 15 is 0 Å². The van der Waals surface area contributed by atoms with Crippen LogP contribution in [0.1, 0.15) is 11.6 Å². The number of nitriles is 1. The number of nitrogens with zero attached hydrogens (tertiary/aromatic N) is 7. The van der Waals surface area contributed by atoms with Gasteiger partial charge >= 0.3 is 0 Å². The first-order valence-corrected chi connectivity index (χ1v) is 9.64. The molecule has 2 aromatic carbocycles. The summed E-state index contributed by atoms with van der Waals surface area (Å²) < 4.78 is 13.4. The second kappa shape index (κ2) is 8.80. The van der Waals surface area contributed by atoms with Gasteiger partial charge in [-0.15, -0.1) is 10.2 Å². The minimum absolute atomic E-state index is 0.0390. The van der Waals surface area contributed by atoms with E-state index in [1.54, 1.807) is 17.0 Å². The fourth-order valence-corrected chi connectivity index (χ4v) is 3.51. The molecule has 1 aliphatic heterocycles. The molecule has 1 unspecified atom stereocenters. The Labute approximate surface area is 173 Å². The Morgan fingerprint density at radius 2 is 1.87 bits per heavy atom. The third-order valence-electron chi connectivity index (χ3n) is 5.08. The highest BCUT2D eigenvalue weighted by Gasteiger charge is 2.27. The van der Waals surface area contributed by atoms with Gasteiger partial charge in [0.1, 0.15) is 18.4 Å². The summed E-state index contributed by atoms with van der Waals surface area (Å²) >= 11 is 0. The zero-order valence-corrected chi connectivity index (χ0v) is 16.2. The smallest absolute Gasteiger partial charge is 0.246 e. The lowest BCUT2D eigenvalue weighted by atomic mass is 10.1. The molecule has 0 bridgehead atoms. The van der Waals surface area contributed by atoms with E-state index in [1.165, 1.54) is 16.9 Å². The van der Waals surface area contributed by atoms with Gasteiger partial charge in [0.15, 0.2) is 0 Å². The van der Waals surface area contributed by atoms with Gasteiger partial charge in [0, 0.05) is 31.7 Å². The Hall–Kier alpha value is -3.64. The van der Waals surface area contributed by atoms with Gasteiger partial charge < -0.3 is 4.90 Å². The van der Waals surface area contributed by atoms with Gasteiger partial charge in [0.2, 0.25) is 11.7 Å². The summed E-state index contributed by atoms with van der Waals surface area (Å²) in [6.07, 6.45) is 0. The molecule has 0 aliphatic carbocycles. The molecular formula is C21H20FN7O. The van der Waals surface area contributed by atoms with Gasteiger partial charge in [-0.3, -0.25) is 9.69 Å². The maximum absolute atomic E-state index is 13.4. The fraction of sp³-hybridized carbons (Fsp3) is 0.286. The fourth-order valence-electron chi connectivity index (χ4n) is 3.51. The molecular weight excluding hydrogens is 385 g/mol. The first-order valence-electron chi connectivity index (χ1n) is 9.64. The number of carbonyl (C=O) groups excluding carboxylic acids is 1. The molecule has 2 heterocycles. The number of aromatic nitrogens is 4. The standard InChI is InChI=1S/C21H20FN7O/c22-18-8-4-7-17(13-18)21-24-26-29(25-21)15-20(30)28-11-9-27(10-12-28)19(14-23)16-5-2-1-3-6-16/h1-8,13,19H,9-12,15H2. The van der Waals surface area contributed by atoms with Crippen LogP contribution in [0.5, 0.6) is 0 Å². The Morgan fingerprint density at radius 3 is 2.57 bits per heavy atom. The minimum atomic E-state index is -0.385. The number of piperazine rings is 1. The molecule has 0 radical (unpaired) electrons. The van der Waals surface area contributed by atoms with Gasteiger partial charge in [0.05, 0.1) is 6.07 Å². The molecule has 30 heavy (non-hydrogen) atoms. The van der Waals surface area contributed by atoms with Crippen molar-refractivity contribution in [1.29, 1.82) is 5.26 Å². The molecule has 0 N–H and O–H groups in total. The lowest BCUT2D eigenvalue weighted by Gasteiger charge is -2.36. The van der Waals surface area contributed by atoms with Crippen LogP contribution >= 0.6 is 0 Å². The number of benzene rings is 2. The maximum Gasteiger partial charge on any atom is 0.246 e. The normalized spacial score (nSPS) is 15.5. The van der Waals surface area contributed by atoms with Crippen LogP contribution in [0.2, 0.25) is 0 Å². The van der Waals surface area contributed by atoms with Crippen molar-refractivity contribution in [3.05, 3.63) is 66.0 Å². The van der Waals surface area contributed by atoms with Crippen molar-refractivity contribution in [2.75, 3.05) is 26.2 Å². The lowest BCUT2D eigenvalue weighted by Crippen LogP contribution is -2.50. The van der Waals surface area contributed by atoms with E-state index in [9.17, 15) is 14.4 Å². The molecule has 1 aliphatic rings. The van der Waals surface area contributed by atoms with Gasteiger partial charge in [-0.05, 0) is 22.9 Å². The molecule has 152 valence electrons. The molecule has 1 amide bonds. The predicted molar refractivity (Wildman–Crippen MR) is 106 cm³/mol. The van der Waals surface area contributed by atoms with Gasteiger partial charge in [-0.2, -0.15) is 10.1 Å². The molecule has 4 rings (SSSR count). The summed E-state index contributed by atoms with van der Waals surface area (Å²) in [6.45, 7) is 2.23. The minimum Gasteiger partial charge on any atom is -0.338 e. The van der Waals surface area contributed by atoms with E-state index in [0.29, 0.717) is 31.7 Å². The lowest BCUT2D eigenvalue weighted by molar-refractivity contribution is -0.134. The molecule has 0 spiro atoms. The molecule has 1 fully saturated rings. The maximum atomic E-state index is 13.4. The van der Waals surface area contributed by atoms with Crippen molar-refractivity contribution in [2.24, 2.45) is 0 Å². The monoisotopic (exact) mass is 405 g/mol. The van der Waals surface area contributed by atoms with Crippen molar-refractivity contribution in [3.63, 3.8) is 0 Å². The number of tetrazole rings is 1. The van der Waals surface area contributed by atoms with Crippen LogP contribution in [0.25, 0.3) is 11.4 Å². The van der Waals surface area contributed by atoms with Crippen molar-refractivity contribution >= 4 is 5.91 Å². The molecule has 1 atom stereocenters.